The number of aryl methyl sites for hydroxylation is 1. The highest BCUT2D eigenvalue weighted by Crippen LogP contribution is 2.38. The maximum absolute atomic E-state index is 12.9. The number of hydrogen-bond donors (Lipinski definition) is 0. The Morgan fingerprint density at radius 1 is 1.14 bits per heavy atom. The van der Waals surface area contributed by atoms with E-state index in [2.05, 4.69) is 14.9 Å². The average molecular weight is 421 g/mol. The normalized spacial score (nSPS) is 26.3. The van der Waals surface area contributed by atoms with Gasteiger partial charge >= 0.3 is 0 Å². The first-order chi connectivity index (χ1) is 13.5. The second kappa shape index (κ2) is 7.05. The standard InChI is InChI=1S/C19H24N4O3S2/c1-13-2-5-19(27-13)28(24,25)23-7-6-22-12-16(8-15(22)11-23)26-18-10-20-17(9-21-18)14-3-4-14/h2,5,9-10,14-16H,3-4,6-8,11-12H2,1H3/t15-,16+/m0/s1. The molecule has 0 radical (unpaired) electrons. The van der Waals surface area contributed by atoms with Gasteiger partial charge in [-0.1, -0.05) is 0 Å². The molecule has 2 aliphatic heterocycles. The van der Waals surface area contributed by atoms with Crippen molar-refractivity contribution in [2.45, 2.75) is 48.5 Å². The monoisotopic (exact) mass is 420 g/mol. The number of ether oxygens (including phenoxy) is 1. The largest absolute Gasteiger partial charge is 0.472 e. The van der Waals surface area contributed by atoms with Gasteiger partial charge in [-0.15, -0.1) is 11.3 Å². The minimum Gasteiger partial charge on any atom is -0.472 e. The van der Waals surface area contributed by atoms with Gasteiger partial charge in [0, 0.05) is 49.4 Å². The highest BCUT2D eigenvalue weighted by molar-refractivity contribution is 7.91. The quantitative estimate of drug-likeness (QED) is 0.739. The first kappa shape index (κ1) is 18.5. The molecule has 2 aromatic rings. The van der Waals surface area contributed by atoms with Crippen molar-refractivity contribution in [1.29, 1.82) is 0 Å². The fourth-order valence-corrected chi connectivity index (χ4v) is 7.00. The van der Waals surface area contributed by atoms with Crippen LogP contribution in [-0.4, -0.2) is 65.9 Å². The molecule has 1 aliphatic carbocycles. The molecule has 28 heavy (non-hydrogen) atoms. The van der Waals surface area contributed by atoms with Gasteiger partial charge in [0.05, 0.1) is 18.1 Å². The third-order valence-corrected chi connectivity index (χ3v) is 9.11. The molecule has 0 amide bonds. The molecule has 150 valence electrons. The van der Waals surface area contributed by atoms with E-state index in [0.29, 0.717) is 29.1 Å². The topological polar surface area (TPSA) is 75.6 Å². The fourth-order valence-electron chi connectivity index (χ4n) is 4.10. The maximum atomic E-state index is 12.9. The lowest BCUT2D eigenvalue weighted by molar-refractivity contribution is 0.151. The van der Waals surface area contributed by atoms with Gasteiger partial charge in [0.15, 0.2) is 0 Å². The van der Waals surface area contributed by atoms with E-state index in [4.69, 9.17) is 4.74 Å². The van der Waals surface area contributed by atoms with Crippen LogP contribution >= 0.6 is 11.3 Å². The van der Waals surface area contributed by atoms with E-state index in [1.165, 1.54) is 24.2 Å². The van der Waals surface area contributed by atoms with Crippen LogP contribution in [0.2, 0.25) is 0 Å². The molecular weight excluding hydrogens is 396 g/mol. The van der Waals surface area contributed by atoms with Crippen LogP contribution in [0.4, 0.5) is 0 Å². The van der Waals surface area contributed by atoms with Crippen molar-refractivity contribution in [3.05, 3.63) is 35.1 Å². The third-order valence-electron chi connectivity index (χ3n) is 5.78. The Bertz CT molecular complexity index is 956. The molecule has 5 rings (SSSR count). The Morgan fingerprint density at radius 2 is 2.00 bits per heavy atom. The molecule has 9 heteroatoms. The van der Waals surface area contributed by atoms with Crippen molar-refractivity contribution in [3.63, 3.8) is 0 Å². The van der Waals surface area contributed by atoms with Crippen LogP contribution in [0.15, 0.2) is 28.7 Å². The minimum atomic E-state index is -3.40. The van der Waals surface area contributed by atoms with Gasteiger partial charge in [0.1, 0.15) is 10.3 Å². The van der Waals surface area contributed by atoms with E-state index in [9.17, 15) is 8.42 Å². The highest BCUT2D eigenvalue weighted by Gasteiger charge is 2.41. The molecule has 0 N–H and O–H groups in total. The van der Waals surface area contributed by atoms with Crippen molar-refractivity contribution in [2.75, 3.05) is 26.2 Å². The van der Waals surface area contributed by atoms with Crippen LogP contribution in [-0.2, 0) is 10.0 Å². The summed E-state index contributed by atoms with van der Waals surface area (Å²) in [5.74, 6) is 1.15. The van der Waals surface area contributed by atoms with Crippen LogP contribution in [0.25, 0.3) is 0 Å². The number of piperazine rings is 1. The summed E-state index contributed by atoms with van der Waals surface area (Å²) in [6, 6.07) is 3.77. The third kappa shape index (κ3) is 3.56. The van der Waals surface area contributed by atoms with Crippen molar-refractivity contribution in [1.82, 2.24) is 19.2 Å². The zero-order valence-electron chi connectivity index (χ0n) is 15.8. The second-order valence-corrected chi connectivity index (χ2v) is 11.4. The Hall–Kier alpha value is -1.55. The van der Waals surface area contributed by atoms with Crippen LogP contribution in [0.5, 0.6) is 5.88 Å². The van der Waals surface area contributed by atoms with E-state index < -0.39 is 10.0 Å². The molecule has 0 bridgehead atoms. The summed E-state index contributed by atoms with van der Waals surface area (Å²) in [6.07, 6.45) is 6.80. The van der Waals surface area contributed by atoms with Gasteiger partial charge in [-0.2, -0.15) is 4.31 Å². The average Bonchev–Trinajstić information content (AvgIpc) is 3.30. The molecule has 2 aromatic heterocycles. The first-order valence-electron chi connectivity index (χ1n) is 9.78. The molecule has 2 atom stereocenters. The Morgan fingerprint density at radius 3 is 2.68 bits per heavy atom. The molecular formula is C19H24N4O3S2. The summed E-state index contributed by atoms with van der Waals surface area (Å²) in [4.78, 5) is 12.2. The summed E-state index contributed by atoms with van der Waals surface area (Å²) in [5, 5.41) is 0. The van der Waals surface area contributed by atoms with Gasteiger partial charge in [-0.05, 0) is 31.9 Å². The van der Waals surface area contributed by atoms with Gasteiger partial charge in [0.25, 0.3) is 10.0 Å². The number of sulfonamides is 1. The minimum absolute atomic E-state index is 0.0257. The van der Waals surface area contributed by atoms with Gasteiger partial charge < -0.3 is 4.74 Å². The summed E-state index contributed by atoms with van der Waals surface area (Å²) < 4.78 is 34.0. The van der Waals surface area contributed by atoms with E-state index in [-0.39, 0.29) is 12.1 Å². The van der Waals surface area contributed by atoms with Crippen LogP contribution in [0.3, 0.4) is 0 Å². The first-order valence-corrected chi connectivity index (χ1v) is 12.0. The Kier molecular flexibility index (Phi) is 4.65. The lowest BCUT2D eigenvalue weighted by Crippen LogP contribution is -2.51. The van der Waals surface area contributed by atoms with Crippen LogP contribution in [0.1, 0.15) is 35.8 Å². The Balaban J connectivity index is 1.22. The number of fused-ring (bicyclic) bond motifs is 1. The molecule has 0 spiro atoms. The highest BCUT2D eigenvalue weighted by atomic mass is 32.2. The molecule has 1 saturated carbocycles. The van der Waals surface area contributed by atoms with E-state index in [0.717, 1.165) is 30.1 Å². The Labute approximate surface area is 169 Å². The van der Waals surface area contributed by atoms with Crippen molar-refractivity contribution in [3.8, 4) is 5.88 Å². The summed E-state index contributed by atoms with van der Waals surface area (Å²) in [5.41, 5.74) is 1.06. The van der Waals surface area contributed by atoms with E-state index >= 15 is 0 Å². The molecule has 0 unspecified atom stereocenters. The smallest absolute Gasteiger partial charge is 0.252 e. The van der Waals surface area contributed by atoms with Crippen molar-refractivity contribution < 1.29 is 13.2 Å². The zero-order chi connectivity index (χ0) is 19.3. The van der Waals surface area contributed by atoms with Crippen LogP contribution in [0, 0.1) is 6.92 Å². The summed E-state index contributed by atoms with van der Waals surface area (Å²) in [6.45, 7) is 4.52. The molecule has 3 aliphatic rings. The van der Waals surface area contributed by atoms with Gasteiger partial charge in [-0.3, -0.25) is 9.88 Å². The number of rotatable bonds is 5. The maximum Gasteiger partial charge on any atom is 0.252 e. The predicted octanol–water partition coefficient (Wildman–Crippen LogP) is 2.25. The molecule has 3 fully saturated rings. The zero-order valence-corrected chi connectivity index (χ0v) is 17.5. The fraction of sp³-hybridized carbons (Fsp3) is 0.579. The SMILES string of the molecule is Cc1ccc(S(=O)(=O)N2CCN3C[C@H](Oc4cnc(C5CC5)cn4)C[C@H]3C2)s1. The lowest BCUT2D eigenvalue weighted by atomic mass is 10.2. The van der Waals surface area contributed by atoms with Crippen molar-refractivity contribution in [2.24, 2.45) is 0 Å². The molecule has 4 heterocycles. The van der Waals surface area contributed by atoms with Gasteiger partial charge in [0.2, 0.25) is 5.88 Å². The van der Waals surface area contributed by atoms with E-state index in [1.807, 2.05) is 19.2 Å². The number of nitrogens with zero attached hydrogens (tertiary/aromatic N) is 4. The predicted molar refractivity (Wildman–Crippen MR) is 106 cm³/mol. The summed E-state index contributed by atoms with van der Waals surface area (Å²) >= 11 is 1.34. The number of aromatic nitrogens is 2. The molecule has 0 aromatic carbocycles. The van der Waals surface area contributed by atoms with Crippen LogP contribution < -0.4 is 4.74 Å². The van der Waals surface area contributed by atoms with Crippen molar-refractivity contribution >= 4 is 21.4 Å². The second-order valence-electron chi connectivity index (χ2n) is 7.91. The number of hydrogen-bond acceptors (Lipinski definition) is 7. The lowest BCUT2D eigenvalue weighted by Gasteiger charge is -2.35. The molecule has 7 nitrogen and oxygen atoms in total. The number of thiophene rings is 1. The summed E-state index contributed by atoms with van der Waals surface area (Å²) in [7, 11) is -3.40. The molecule has 2 saturated heterocycles. The van der Waals surface area contributed by atoms with E-state index in [1.54, 1.807) is 16.6 Å². The van der Waals surface area contributed by atoms with Gasteiger partial charge in [-0.25, -0.2) is 13.4 Å².